The Bertz CT molecular complexity index is 1030. The summed E-state index contributed by atoms with van der Waals surface area (Å²) in [6.45, 7) is 1.12. The van der Waals surface area contributed by atoms with E-state index in [1.807, 2.05) is 0 Å². The van der Waals surface area contributed by atoms with Crippen LogP contribution in [0.2, 0.25) is 0 Å². The lowest BCUT2D eigenvalue weighted by atomic mass is 10.1. The standard InChI is InChI=1S/C21H23FN2O5S/c1-23(2)30(27,28)16-10-11-18(22)17(14-16)21(26)29-19(15-8-4-3-5-9-15)20(25)24-12-6-7-13-24/h3-5,8-11,14,19H,6-7,12-13H2,1-2H3/t19-/m0/s1. The lowest BCUT2D eigenvalue weighted by Crippen LogP contribution is -2.35. The van der Waals surface area contributed by atoms with Crippen LogP contribution in [-0.4, -0.2) is 56.7 Å². The Balaban J connectivity index is 1.93. The molecule has 9 heteroatoms. The number of rotatable bonds is 6. The normalized spacial score (nSPS) is 15.3. The molecule has 0 unspecified atom stereocenters. The fourth-order valence-electron chi connectivity index (χ4n) is 3.19. The van der Waals surface area contributed by atoms with E-state index in [9.17, 15) is 22.4 Å². The largest absolute Gasteiger partial charge is 0.444 e. The molecular formula is C21H23FN2O5S. The molecule has 1 aliphatic rings. The molecule has 0 bridgehead atoms. The summed E-state index contributed by atoms with van der Waals surface area (Å²) in [5.41, 5.74) is -0.0895. The van der Waals surface area contributed by atoms with Crippen molar-refractivity contribution in [3.63, 3.8) is 0 Å². The van der Waals surface area contributed by atoms with Gasteiger partial charge in [-0.3, -0.25) is 4.79 Å². The number of halogens is 1. The first-order valence-corrected chi connectivity index (χ1v) is 10.9. The van der Waals surface area contributed by atoms with Crippen molar-refractivity contribution < 1.29 is 27.1 Å². The molecule has 0 saturated carbocycles. The van der Waals surface area contributed by atoms with E-state index < -0.39 is 33.5 Å². The van der Waals surface area contributed by atoms with Crippen molar-refractivity contribution in [3.8, 4) is 0 Å². The molecule has 0 aliphatic carbocycles. The third-order valence-electron chi connectivity index (χ3n) is 4.91. The first kappa shape index (κ1) is 21.9. The van der Waals surface area contributed by atoms with Crippen LogP contribution in [0.5, 0.6) is 0 Å². The number of hydrogen-bond acceptors (Lipinski definition) is 5. The lowest BCUT2D eigenvalue weighted by molar-refractivity contribution is -0.140. The number of hydrogen-bond donors (Lipinski definition) is 0. The second-order valence-electron chi connectivity index (χ2n) is 7.16. The first-order valence-electron chi connectivity index (χ1n) is 9.48. The molecule has 2 aromatic rings. The van der Waals surface area contributed by atoms with Crippen molar-refractivity contribution in [3.05, 3.63) is 65.5 Å². The van der Waals surface area contributed by atoms with E-state index in [1.54, 1.807) is 35.2 Å². The van der Waals surface area contributed by atoms with E-state index in [0.717, 1.165) is 35.3 Å². The van der Waals surface area contributed by atoms with Gasteiger partial charge in [0.15, 0.2) is 0 Å². The maximum absolute atomic E-state index is 14.4. The predicted octanol–water partition coefficient (Wildman–Crippen LogP) is 2.60. The average molecular weight is 434 g/mol. The van der Waals surface area contributed by atoms with Gasteiger partial charge in [0.05, 0.1) is 10.5 Å². The van der Waals surface area contributed by atoms with Crippen LogP contribution < -0.4 is 0 Å². The van der Waals surface area contributed by atoms with Gasteiger partial charge >= 0.3 is 5.97 Å². The Morgan fingerprint density at radius 2 is 1.70 bits per heavy atom. The Hall–Kier alpha value is -2.78. The smallest absolute Gasteiger partial charge is 0.342 e. The van der Waals surface area contributed by atoms with Crippen LogP contribution in [0, 0.1) is 5.82 Å². The molecule has 2 aromatic carbocycles. The molecular weight excluding hydrogens is 411 g/mol. The Kier molecular flexibility index (Phi) is 6.52. The Morgan fingerprint density at radius 1 is 1.07 bits per heavy atom. The lowest BCUT2D eigenvalue weighted by Gasteiger charge is -2.23. The van der Waals surface area contributed by atoms with Crippen molar-refractivity contribution in [1.82, 2.24) is 9.21 Å². The van der Waals surface area contributed by atoms with Crippen LogP contribution >= 0.6 is 0 Å². The molecule has 1 amide bonds. The Labute approximate surface area is 175 Å². The topological polar surface area (TPSA) is 84.0 Å². The van der Waals surface area contributed by atoms with Crippen molar-refractivity contribution in [2.24, 2.45) is 0 Å². The second-order valence-corrected chi connectivity index (χ2v) is 9.31. The van der Waals surface area contributed by atoms with Crippen molar-refractivity contribution >= 4 is 21.9 Å². The number of carbonyl (C=O) groups is 2. The van der Waals surface area contributed by atoms with Gasteiger partial charge in [-0.1, -0.05) is 30.3 Å². The minimum atomic E-state index is -3.88. The molecule has 30 heavy (non-hydrogen) atoms. The highest BCUT2D eigenvalue weighted by Gasteiger charge is 2.32. The second kappa shape index (κ2) is 8.93. The van der Waals surface area contributed by atoms with Gasteiger partial charge in [-0.25, -0.2) is 21.9 Å². The summed E-state index contributed by atoms with van der Waals surface area (Å²) in [4.78, 5) is 27.1. The maximum atomic E-state index is 14.4. The van der Waals surface area contributed by atoms with E-state index in [1.165, 1.54) is 14.1 Å². The fourth-order valence-corrected chi connectivity index (χ4v) is 4.12. The highest BCUT2D eigenvalue weighted by molar-refractivity contribution is 7.89. The van der Waals surface area contributed by atoms with Crippen LogP contribution in [0.3, 0.4) is 0 Å². The highest BCUT2D eigenvalue weighted by Crippen LogP contribution is 2.26. The van der Waals surface area contributed by atoms with E-state index in [2.05, 4.69) is 0 Å². The van der Waals surface area contributed by atoms with E-state index in [-0.39, 0.29) is 10.8 Å². The summed E-state index contributed by atoms with van der Waals surface area (Å²) >= 11 is 0. The molecule has 1 fully saturated rings. The van der Waals surface area contributed by atoms with Gasteiger partial charge < -0.3 is 9.64 Å². The quantitative estimate of drug-likeness (QED) is 0.653. The van der Waals surface area contributed by atoms with Crippen LogP contribution in [0.4, 0.5) is 4.39 Å². The van der Waals surface area contributed by atoms with Gasteiger partial charge in [0, 0.05) is 32.7 Å². The van der Waals surface area contributed by atoms with Gasteiger partial charge in [-0.2, -0.15) is 0 Å². The molecule has 1 atom stereocenters. The van der Waals surface area contributed by atoms with E-state index >= 15 is 0 Å². The van der Waals surface area contributed by atoms with Crippen molar-refractivity contribution in [1.29, 1.82) is 0 Å². The van der Waals surface area contributed by atoms with Crippen LogP contribution in [-0.2, 0) is 19.6 Å². The van der Waals surface area contributed by atoms with Crippen molar-refractivity contribution in [2.75, 3.05) is 27.2 Å². The minimum Gasteiger partial charge on any atom is -0.444 e. The molecule has 0 spiro atoms. The number of likely N-dealkylation sites (tertiary alicyclic amines) is 1. The molecule has 0 N–H and O–H groups in total. The Morgan fingerprint density at radius 3 is 2.30 bits per heavy atom. The summed E-state index contributed by atoms with van der Waals surface area (Å²) in [5, 5.41) is 0. The zero-order valence-electron chi connectivity index (χ0n) is 16.7. The van der Waals surface area contributed by atoms with Gasteiger partial charge in [-0.05, 0) is 31.0 Å². The van der Waals surface area contributed by atoms with Gasteiger partial charge in [0.1, 0.15) is 5.82 Å². The number of ether oxygens (including phenoxy) is 1. The monoisotopic (exact) mass is 434 g/mol. The van der Waals surface area contributed by atoms with Gasteiger partial charge in [0.25, 0.3) is 5.91 Å². The zero-order valence-corrected chi connectivity index (χ0v) is 17.6. The fraction of sp³-hybridized carbons (Fsp3) is 0.333. The van der Waals surface area contributed by atoms with E-state index in [0.29, 0.717) is 18.7 Å². The molecule has 0 radical (unpaired) electrons. The third-order valence-corrected chi connectivity index (χ3v) is 6.72. The molecule has 1 aliphatic heterocycles. The molecule has 7 nitrogen and oxygen atoms in total. The summed E-state index contributed by atoms with van der Waals surface area (Å²) in [5.74, 6) is -2.42. The van der Waals surface area contributed by atoms with Crippen LogP contribution in [0.15, 0.2) is 53.4 Å². The maximum Gasteiger partial charge on any atom is 0.342 e. The SMILES string of the molecule is CN(C)S(=O)(=O)c1ccc(F)c(C(=O)O[C@H](C(=O)N2CCCC2)c2ccccc2)c1. The number of esters is 1. The average Bonchev–Trinajstić information content (AvgIpc) is 3.27. The van der Waals surface area contributed by atoms with Crippen LogP contribution in [0.1, 0.15) is 34.9 Å². The molecule has 3 rings (SSSR count). The molecule has 1 heterocycles. The third kappa shape index (κ3) is 4.52. The summed E-state index contributed by atoms with van der Waals surface area (Å²) < 4.78 is 45.4. The van der Waals surface area contributed by atoms with Gasteiger partial charge in [-0.15, -0.1) is 0 Å². The summed E-state index contributed by atoms with van der Waals surface area (Å²) in [6, 6.07) is 11.4. The highest BCUT2D eigenvalue weighted by atomic mass is 32.2. The number of carbonyl (C=O) groups excluding carboxylic acids is 2. The predicted molar refractivity (Wildman–Crippen MR) is 108 cm³/mol. The number of nitrogens with zero attached hydrogens (tertiary/aromatic N) is 2. The zero-order chi connectivity index (χ0) is 21.9. The van der Waals surface area contributed by atoms with E-state index in [4.69, 9.17) is 4.74 Å². The van der Waals surface area contributed by atoms with Crippen LogP contribution in [0.25, 0.3) is 0 Å². The van der Waals surface area contributed by atoms with Crippen molar-refractivity contribution in [2.45, 2.75) is 23.8 Å². The number of amides is 1. The number of benzene rings is 2. The molecule has 160 valence electrons. The minimum absolute atomic E-state index is 0.247. The summed E-state index contributed by atoms with van der Waals surface area (Å²) in [6.07, 6.45) is 0.478. The van der Waals surface area contributed by atoms with Gasteiger partial charge in [0.2, 0.25) is 16.1 Å². The molecule has 0 aromatic heterocycles. The first-order chi connectivity index (χ1) is 14.2. The number of sulfonamides is 1. The summed E-state index contributed by atoms with van der Waals surface area (Å²) in [7, 11) is -1.22. The molecule has 1 saturated heterocycles.